The lowest BCUT2D eigenvalue weighted by atomic mass is 9.94. The van der Waals surface area contributed by atoms with E-state index < -0.39 is 0 Å². The minimum atomic E-state index is -0.338. The zero-order valence-electron chi connectivity index (χ0n) is 14.5. The van der Waals surface area contributed by atoms with Crippen LogP contribution >= 0.6 is 12.2 Å². The van der Waals surface area contributed by atoms with Gasteiger partial charge in [-0.15, -0.1) is 0 Å². The van der Waals surface area contributed by atoms with Crippen LogP contribution < -0.4 is 20.1 Å². The van der Waals surface area contributed by atoms with Gasteiger partial charge in [-0.1, -0.05) is 6.07 Å². The number of morpholine rings is 1. The summed E-state index contributed by atoms with van der Waals surface area (Å²) in [7, 11) is 0. The summed E-state index contributed by atoms with van der Waals surface area (Å²) in [4.78, 5) is 15.0. The molecule has 26 heavy (non-hydrogen) atoms. The lowest BCUT2D eigenvalue weighted by molar-refractivity contribution is -0.131. The number of hydrogen-bond acceptors (Lipinski definition) is 5. The zero-order valence-corrected chi connectivity index (χ0v) is 15.4. The number of thiocarbonyl (C=S) groups is 1. The van der Waals surface area contributed by atoms with Gasteiger partial charge in [0.2, 0.25) is 0 Å². The Labute approximate surface area is 157 Å². The molecule has 1 aromatic carbocycles. The number of nitrogens with one attached hydrogen (secondary N) is 2. The highest BCUT2D eigenvalue weighted by Gasteiger charge is 2.33. The van der Waals surface area contributed by atoms with Gasteiger partial charge in [0, 0.05) is 18.8 Å². The van der Waals surface area contributed by atoms with Crippen molar-refractivity contribution in [3.8, 4) is 11.5 Å². The van der Waals surface area contributed by atoms with Crippen LogP contribution in [0.3, 0.4) is 0 Å². The second-order valence-electron chi connectivity index (χ2n) is 6.38. The Morgan fingerprint density at radius 1 is 1.15 bits per heavy atom. The van der Waals surface area contributed by atoms with Crippen molar-refractivity contribution in [3.63, 3.8) is 0 Å². The Balaban J connectivity index is 1.69. The maximum absolute atomic E-state index is 13.2. The van der Waals surface area contributed by atoms with Crippen molar-refractivity contribution in [2.45, 2.75) is 13.0 Å². The predicted molar refractivity (Wildman–Crippen MR) is 99.1 cm³/mol. The van der Waals surface area contributed by atoms with Crippen LogP contribution in [0.2, 0.25) is 0 Å². The standard InChI is InChI=1S/C18H21N3O4S/c1-11-15(17(22)21-4-6-23-7-5-21)16(20-18(26)19-11)12-2-3-13-14(10-12)25-9-8-24-13/h2-3,10,16H,4-9H2,1H3,(H2,19,20,26)/t16-/m1/s1. The summed E-state index contributed by atoms with van der Waals surface area (Å²) >= 11 is 5.32. The van der Waals surface area contributed by atoms with E-state index in [0.717, 1.165) is 17.0 Å². The third-order valence-electron chi connectivity index (χ3n) is 4.70. The molecule has 138 valence electrons. The van der Waals surface area contributed by atoms with E-state index in [4.69, 9.17) is 26.4 Å². The molecule has 3 heterocycles. The Kier molecular flexibility index (Phi) is 4.69. The van der Waals surface area contributed by atoms with E-state index in [2.05, 4.69) is 10.6 Å². The highest BCUT2D eigenvalue weighted by molar-refractivity contribution is 7.80. The number of carbonyl (C=O) groups excluding carboxylic acids is 1. The Morgan fingerprint density at radius 2 is 1.88 bits per heavy atom. The van der Waals surface area contributed by atoms with Gasteiger partial charge < -0.3 is 29.7 Å². The molecule has 1 atom stereocenters. The zero-order chi connectivity index (χ0) is 18.1. The third kappa shape index (κ3) is 3.22. The normalized spacial score (nSPS) is 22.6. The van der Waals surface area contributed by atoms with E-state index in [1.54, 1.807) is 0 Å². The molecular formula is C18H21N3O4S. The lowest BCUT2D eigenvalue weighted by Crippen LogP contribution is -2.49. The van der Waals surface area contributed by atoms with Crippen LogP contribution in [0.25, 0.3) is 0 Å². The van der Waals surface area contributed by atoms with Gasteiger partial charge in [-0.25, -0.2) is 0 Å². The SMILES string of the molecule is CC1=C(C(=O)N2CCOCC2)[C@@H](c2ccc3c(c2)OCCO3)NC(=S)N1. The van der Waals surface area contributed by atoms with Gasteiger partial charge in [-0.2, -0.15) is 0 Å². The number of carbonyl (C=O) groups is 1. The average molecular weight is 375 g/mol. The highest BCUT2D eigenvalue weighted by atomic mass is 32.1. The van der Waals surface area contributed by atoms with Crippen molar-refractivity contribution in [2.75, 3.05) is 39.5 Å². The van der Waals surface area contributed by atoms with Crippen molar-refractivity contribution in [1.29, 1.82) is 0 Å². The van der Waals surface area contributed by atoms with E-state index in [1.165, 1.54) is 0 Å². The van der Waals surface area contributed by atoms with Crippen LogP contribution in [0.1, 0.15) is 18.5 Å². The van der Waals surface area contributed by atoms with Crippen molar-refractivity contribution in [1.82, 2.24) is 15.5 Å². The summed E-state index contributed by atoms with van der Waals surface area (Å²) in [5.41, 5.74) is 2.34. The summed E-state index contributed by atoms with van der Waals surface area (Å²) < 4.78 is 16.6. The first-order chi connectivity index (χ1) is 12.6. The maximum Gasteiger partial charge on any atom is 0.254 e. The molecule has 8 heteroatoms. The Bertz CT molecular complexity index is 774. The monoisotopic (exact) mass is 375 g/mol. The van der Waals surface area contributed by atoms with E-state index >= 15 is 0 Å². The van der Waals surface area contributed by atoms with Gasteiger partial charge in [0.1, 0.15) is 13.2 Å². The predicted octanol–water partition coefficient (Wildman–Crippen LogP) is 1.11. The van der Waals surface area contributed by atoms with Crippen molar-refractivity contribution in [3.05, 3.63) is 35.0 Å². The molecule has 0 saturated carbocycles. The molecule has 1 fully saturated rings. The first-order valence-electron chi connectivity index (χ1n) is 8.68. The summed E-state index contributed by atoms with van der Waals surface area (Å²) in [6.07, 6.45) is 0. The van der Waals surface area contributed by atoms with Crippen LogP contribution in [-0.2, 0) is 9.53 Å². The molecule has 0 radical (unpaired) electrons. The van der Waals surface area contributed by atoms with Crippen LogP contribution in [0.5, 0.6) is 11.5 Å². The minimum Gasteiger partial charge on any atom is -0.486 e. The quantitative estimate of drug-likeness (QED) is 0.751. The molecule has 4 rings (SSSR count). The van der Waals surface area contributed by atoms with Crippen molar-refractivity contribution in [2.24, 2.45) is 0 Å². The van der Waals surface area contributed by atoms with Gasteiger partial charge in [0.25, 0.3) is 5.91 Å². The summed E-state index contributed by atoms with van der Waals surface area (Å²) in [6, 6.07) is 5.40. The molecule has 7 nitrogen and oxygen atoms in total. The average Bonchev–Trinajstić information content (AvgIpc) is 2.67. The fourth-order valence-corrected chi connectivity index (χ4v) is 3.67. The number of benzene rings is 1. The van der Waals surface area contributed by atoms with Gasteiger partial charge in [0.05, 0.1) is 24.8 Å². The Hall–Kier alpha value is -2.32. The number of nitrogens with zero attached hydrogens (tertiary/aromatic N) is 1. The molecule has 0 spiro atoms. The van der Waals surface area contributed by atoms with Crippen molar-refractivity contribution < 1.29 is 19.0 Å². The summed E-state index contributed by atoms with van der Waals surface area (Å²) in [5, 5.41) is 6.80. The first kappa shape index (κ1) is 17.1. The third-order valence-corrected chi connectivity index (χ3v) is 4.92. The number of allylic oxidation sites excluding steroid dienone is 1. The van der Waals surface area contributed by atoms with Crippen LogP contribution in [0, 0.1) is 0 Å². The molecule has 3 aliphatic rings. The molecule has 0 unspecified atom stereocenters. The van der Waals surface area contributed by atoms with Crippen LogP contribution in [0.15, 0.2) is 29.5 Å². The molecule has 0 aromatic heterocycles. The van der Waals surface area contributed by atoms with E-state index in [9.17, 15) is 4.79 Å². The van der Waals surface area contributed by atoms with E-state index in [0.29, 0.717) is 56.0 Å². The molecule has 1 aromatic rings. The molecule has 0 aliphatic carbocycles. The molecular weight excluding hydrogens is 354 g/mol. The molecule has 1 amide bonds. The summed E-state index contributed by atoms with van der Waals surface area (Å²) in [5.74, 6) is 1.40. The van der Waals surface area contributed by atoms with Crippen LogP contribution in [-0.4, -0.2) is 55.4 Å². The first-order valence-corrected chi connectivity index (χ1v) is 9.09. The molecule has 3 aliphatic heterocycles. The fraction of sp³-hybridized carbons (Fsp3) is 0.444. The Morgan fingerprint density at radius 3 is 2.65 bits per heavy atom. The van der Waals surface area contributed by atoms with Crippen LogP contribution in [0.4, 0.5) is 0 Å². The van der Waals surface area contributed by atoms with Crippen molar-refractivity contribution >= 4 is 23.2 Å². The van der Waals surface area contributed by atoms with Gasteiger partial charge >= 0.3 is 0 Å². The highest BCUT2D eigenvalue weighted by Crippen LogP contribution is 2.36. The van der Waals surface area contributed by atoms with Gasteiger partial charge in [0.15, 0.2) is 16.6 Å². The largest absolute Gasteiger partial charge is 0.486 e. The number of amides is 1. The number of fused-ring (bicyclic) bond motifs is 1. The number of ether oxygens (including phenoxy) is 3. The van der Waals surface area contributed by atoms with Gasteiger partial charge in [-0.3, -0.25) is 4.79 Å². The topological polar surface area (TPSA) is 72.1 Å². The van der Waals surface area contributed by atoms with E-state index in [-0.39, 0.29) is 11.9 Å². The van der Waals surface area contributed by atoms with E-state index in [1.807, 2.05) is 30.0 Å². The summed E-state index contributed by atoms with van der Waals surface area (Å²) in [6.45, 7) is 5.25. The number of hydrogen-bond donors (Lipinski definition) is 2. The second-order valence-corrected chi connectivity index (χ2v) is 6.79. The minimum absolute atomic E-state index is 0.00631. The second kappa shape index (κ2) is 7.13. The fourth-order valence-electron chi connectivity index (χ4n) is 3.40. The smallest absolute Gasteiger partial charge is 0.254 e. The molecule has 2 N–H and O–H groups in total. The molecule has 1 saturated heterocycles. The lowest BCUT2D eigenvalue weighted by Gasteiger charge is -2.35. The van der Waals surface area contributed by atoms with Gasteiger partial charge in [-0.05, 0) is 36.8 Å². The molecule has 0 bridgehead atoms. The maximum atomic E-state index is 13.2. The number of rotatable bonds is 2.